The standard InChI is InChI=1S/C20H23N3O4S2/c1-13-11-16-18(29-13)19(25)23(14-3-5-15(26-2)6-4-14)20(21-16)28-12-17(24)22-7-9-27-10-8-22/h3-6,13H,7-12H2,1-2H3. The summed E-state index contributed by atoms with van der Waals surface area (Å²) in [6, 6.07) is 7.31. The predicted molar refractivity (Wildman–Crippen MR) is 114 cm³/mol. The highest BCUT2D eigenvalue weighted by Crippen LogP contribution is 2.35. The van der Waals surface area contributed by atoms with Gasteiger partial charge in [-0.05, 0) is 24.3 Å². The van der Waals surface area contributed by atoms with E-state index in [1.165, 1.54) is 11.8 Å². The zero-order chi connectivity index (χ0) is 20.4. The summed E-state index contributed by atoms with van der Waals surface area (Å²) in [5.74, 6) is 0.997. The number of amides is 1. The molecule has 154 valence electrons. The summed E-state index contributed by atoms with van der Waals surface area (Å²) >= 11 is 2.89. The molecular formula is C20H23N3O4S2. The van der Waals surface area contributed by atoms with Gasteiger partial charge in [-0.25, -0.2) is 4.98 Å². The Morgan fingerprint density at radius 3 is 2.72 bits per heavy atom. The Morgan fingerprint density at radius 1 is 1.31 bits per heavy atom. The van der Waals surface area contributed by atoms with Crippen LogP contribution in [0.1, 0.15) is 12.6 Å². The van der Waals surface area contributed by atoms with Gasteiger partial charge in [-0.15, -0.1) is 11.8 Å². The third kappa shape index (κ3) is 4.31. The van der Waals surface area contributed by atoms with E-state index in [1.807, 2.05) is 24.3 Å². The molecule has 9 heteroatoms. The van der Waals surface area contributed by atoms with Gasteiger partial charge < -0.3 is 14.4 Å². The van der Waals surface area contributed by atoms with Crippen molar-refractivity contribution in [1.82, 2.24) is 14.5 Å². The molecule has 0 saturated carbocycles. The number of fused-ring (bicyclic) bond motifs is 1. The Hall–Kier alpha value is -1.97. The molecule has 1 amide bonds. The lowest BCUT2D eigenvalue weighted by Crippen LogP contribution is -2.41. The molecule has 2 aromatic rings. The molecule has 0 spiro atoms. The molecule has 1 aromatic carbocycles. The zero-order valence-corrected chi connectivity index (χ0v) is 18.1. The van der Waals surface area contributed by atoms with Gasteiger partial charge in [-0.1, -0.05) is 18.7 Å². The molecular weight excluding hydrogens is 410 g/mol. The van der Waals surface area contributed by atoms with E-state index < -0.39 is 0 Å². The lowest BCUT2D eigenvalue weighted by Gasteiger charge is -2.26. The molecule has 0 radical (unpaired) electrons. The van der Waals surface area contributed by atoms with Crippen molar-refractivity contribution in [3.63, 3.8) is 0 Å². The van der Waals surface area contributed by atoms with Crippen molar-refractivity contribution in [3.8, 4) is 11.4 Å². The normalized spacial score (nSPS) is 18.6. The molecule has 7 nitrogen and oxygen atoms in total. The van der Waals surface area contributed by atoms with Crippen molar-refractivity contribution in [2.45, 2.75) is 28.6 Å². The first-order valence-electron chi connectivity index (χ1n) is 9.52. The van der Waals surface area contributed by atoms with Gasteiger partial charge >= 0.3 is 0 Å². The Labute approximate surface area is 177 Å². The van der Waals surface area contributed by atoms with Crippen LogP contribution in [0.2, 0.25) is 0 Å². The van der Waals surface area contributed by atoms with Crippen LogP contribution in [0.4, 0.5) is 0 Å². The number of ether oxygens (including phenoxy) is 2. The number of hydrogen-bond acceptors (Lipinski definition) is 7. The summed E-state index contributed by atoms with van der Waals surface area (Å²) in [6.07, 6.45) is 0.768. The van der Waals surface area contributed by atoms with Crippen molar-refractivity contribution < 1.29 is 14.3 Å². The van der Waals surface area contributed by atoms with Crippen molar-refractivity contribution in [1.29, 1.82) is 0 Å². The van der Waals surface area contributed by atoms with Gasteiger partial charge in [0.15, 0.2) is 5.16 Å². The van der Waals surface area contributed by atoms with Gasteiger partial charge in [0.2, 0.25) is 5.91 Å². The summed E-state index contributed by atoms with van der Waals surface area (Å²) in [4.78, 5) is 33.1. The minimum Gasteiger partial charge on any atom is -0.497 e. The molecule has 2 aliphatic rings. The first-order chi connectivity index (χ1) is 14.1. The Morgan fingerprint density at radius 2 is 2.03 bits per heavy atom. The van der Waals surface area contributed by atoms with Gasteiger partial charge in [-0.3, -0.25) is 14.2 Å². The van der Waals surface area contributed by atoms with Gasteiger partial charge in [0.1, 0.15) is 5.75 Å². The number of morpholine rings is 1. The molecule has 2 aliphatic heterocycles. The third-order valence-corrected chi connectivity index (χ3v) is 7.04. The first kappa shape index (κ1) is 20.3. The van der Waals surface area contributed by atoms with Gasteiger partial charge in [0, 0.05) is 24.8 Å². The SMILES string of the molecule is COc1ccc(-n2c(SCC(=O)N3CCOCC3)nc3c(c2=O)SC(C)C3)cc1. The van der Waals surface area contributed by atoms with E-state index in [2.05, 4.69) is 6.92 Å². The average molecular weight is 434 g/mol. The first-order valence-corrected chi connectivity index (χ1v) is 11.4. The van der Waals surface area contributed by atoms with Crippen LogP contribution in [0.3, 0.4) is 0 Å². The minimum absolute atomic E-state index is 0.0390. The molecule has 0 aliphatic carbocycles. The predicted octanol–water partition coefficient (Wildman–Crippen LogP) is 2.23. The molecule has 0 N–H and O–H groups in total. The van der Waals surface area contributed by atoms with E-state index in [4.69, 9.17) is 14.5 Å². The van der Waals surface area contributed by atoms with Crippen LogP contribution in [-0.4, -0.2) is 64.8 Å². The summed E-state index contributed by atoms with van der Waals surface area (Å²) in [5, 5.41) is 0.875. The number of aromatic nitrogens is 2. The molecule has 3 heterocycles. The minimum atomic E-state index is -0.0733. The summed E-state index contributed by atoms with van der Waals surface area (Å²) in [7, 11) is 1.61. The number of carbonyl (C=O) groups excluding carboxylic acids is 1. The maximum atomic E-state index is 13.3. The number of rotatable bonds is 5. The average Bonchev–Trinajstić information content (AvgIpc) is 3.13. The van der Waals surface area contributed by atoms with Crippen LogP contribution in [0.15, 0.2) is 39.1 Å². The molecule has 1 saturated heterocycles. The fourth-order valence-corrected chi connectivity index (χ4v) is 5.41. The zero-order valence-electron chi connectivity index (χ0n) is 16.4. The Bertz CT molecular complexity index is 955. The molecule has 1 fully saturated rings. The molecule has 1 aromatic heterocycles. The number of carbonyl (C=O) groups is 1. The van der Waals surface area contributed by atoms with Crippen LogP contribution in [0, 0.1) is 0 Å². The molecule has 0 bridgehead atoms. The van der Waals surface area contributed by atoms with E-state index in [9.17, 15) is 9.59 Å². The van der Waals surface area contributed by atoms with E-state index in [0.29, 0.717) is 47.3 Å². The third-order valence-electron chi connectivity index (χ3n) is 4.90. The lowest BCUT2D eigenvalue weighted by atomic mass is 10.2. The van der Waals surface area contributed by atoms with Crippen LogP contribution in [0.5, 0.6) is 5.75 Å². The summed E-state index contributed by atoms with van der Waals surface area (Å²) < 4.78 is 12.2. The number of hydrogen-bond donors (Lipinski definition) is 0. The van der Waals surface area contributed by atoms with Crippen molar-refractivity contribution in [3.05, 3.63) is 40.3 Å². The molecule has 4 rings (SSSR count). The van der Waals surface area contributed by atoms with Crippen molar-refractivity contribution >= 4 is 29.4 Å². The molecule has 1 atom stereocenters. The number of benzene rings is 1. The maximum absolute atomic E-state index is 13.3. The quantitative estimate of drug-likeness (QED) is 0.529. The van der Waals surface area contributed by atoms with E-state index in [1.54, 1.807) is 28.3 Å². The van der Waals surface area contributed by atoms with Crippen LogP contribution < -0.4 is 10.3 Å². The fourth-order valence-electron chi connectivity index (χ4n) is 3.39. The topological polar surface area (TPSA) is 73.7 Å². The second-order valence-corrected chi connectivity index (χ2v) is 9.31. The Kier molecular flexibility index (Phi) is 6.17. The van der Waals surface area contributed by atoms with E-state index in [0.717, 1.165) is 17.9 Å². The van der Waals surface area contributed by atoms with Crippen LogP contribution in [-0.2, 0) is 16.0 Å². The second-order valence-electron chi connectivity index (χ2n) is 6.92. The maximum Gasteiger partial charge on any atom is 0.272 e. The van der Waals surface area contributed by atoms with E-state index in [-0.39, 0.29) is 17.2 Å². The Balaban J connectivity index is 1.66. The summed E-state index contributed by atoms with van der Waals surface area (Å²) in [6.45, 7) is 4.45. The monoisotopic (exact) mass is 433 g/mol. The number of thioether (sulfide) groups is 2. The summed E-state index contributed by atoms with van der Waals surface area (Å²) in [5.41, 5.74) is 1.47. The smallest absolute Gasteiger partial charge is 0.272 e. The van der Waals surface area contributed by atoms with E-state index >= 15 is 0 Å². The molecule has 1 unspecified atom stereocenters. The van der Waals surface area contributed by atoms with Crippen LogP contribution >= 0.6 is 23.5 Å². The highest BCUT2D eigenvalue weighted by atomic mass is 32.2. The molecule has 29 heavy (non-hydrogen) atoms. The lowest BCUT2D eigenvalue weighted by molar-refractivity contribution is -0.132. The van der Waals surface area contributed by atoms with Gasteiger partial charge in [0.25, 0.3) is 5.56 Å². The second kappa shape index (κ2) is 8.81. The van der Waals surface area contributed by atoms with Crippen molar-refractivity contribution in [2.24, 2.45) is 0 Å². The largest absolute Gasteiger partial charge is 0.497 e. The fraction of sp³-hybridized carbons (Fsp3) is 0.450. The number of methoxy groups -OCH3 is 1. The van der Waals surface area contributed by atoms with Gasteiger partial charge in [-0.2, -0.15) is 0 Å². The number of nitrogens with zero attached hydrogens (tertiary/aromatic N) is 3. The van der Waals surface area contributed by atoms with Crippen molar-refractivity contribution in [2.75, 3.05) is 39.2 Å². The van der Waals surface area contributed by atoms with Gasteiger partial charge in [0.05, 0.1) is 42.4 Å². The highest BCUT2D eigenvalue weighted by molar-refractivity contribution is 8.00. The van der Waals surface area contributed by atoms with Crippen LogP contribution in [0.25, 0.3) is 5.69 Å². The highest BCUT2D eigenvalue weighted by Gasteiger charge is 2.27.